The summed E-state index contributed by atoms with van der Waals surface area (Å²) in [5, 5.41) is 0. The predicted octanol–water partition coefficient (Wildman–Crippen LogP) is 2.65. The monoisotopic (exact) mass is 304 g/mol. The molecular formula is C14H23F3N4. The molecule has 0 saturated heterocycles. The van der Waals surface area contributed by atoms with Gasteiger partial charge in [-0.05, 0) is 38.5 Å². The summed E-state index contributed by atoms with van der Waals surface area (Å²) in [6.45, 7) is 2.86. The minimum absolute atomic E-state index is 0.0214. The van der Waals surface area contributed by atoms with Crippen molar-refractivity contribution in [2.75, 3.05) is 0 Å². The summed E-state index contributed by atoms with van der Waals surface area (Å²) in [7, 11) is 0. The number of hydrogen-bond acceptors (Lipinski definition) is 3. The number of hydrazine groups is 1. The summed E-state index contributed by atoms with van der Waals surface area (Å²) < 4.78 is 40.1. The Morgan fingerprint density at radius 1 is 1.38 bits per heavy atom. The van der Waals surface area contributed by atoms with Crippen LogP contribution < -0.4 is 11.3 Å². The van der Waals surface area contributed by atoms with Gasteiger partial charge in [0.1, 0.15) is 5.82 Å². The van der Waals surface area contributed by atoms with Crippen LogP contribution in [-0.4, -0.2) is 21.8 Å². The van der Waals surface area contributed by atoms with Crippen LogP contribution in [0.2, 0.25) is 0 Å². The summed E-state index contributed by atoms with van der Waals surface area (Å²) in [5.41, 5.74) is 2.78. The number of nitrogens with one attached hydrogen (secondary N) is 1. The van der Waals surface area contributed by atoms with Crippen LogP contribution in [0.25, 0.3) is 0 Å². The average Bonchev–Trinajstić information content (AvgIpc) is 2.91. The second-order valence-electron chi connectivity index (χ2n) is 5.76. The minimum Gasteiger partial charge on any atom is -0.335 e. The molecule has 1 atom stereocenters. The standard InChI is InChI=1S/C14H23F3N4/c1-2-21-8-7-19-13(21)9-12(20-18)10-3-5-11(6-4-10)14(15,16)17/h7-8,10-12,20H,2-6,9,18H2,1H3. The quantitative estimate of drug-likeness (QED) is 0.649. The third-order valence-electron chi connectivity index (χ3n) is 4.56. The Balaban J connectivity index is 1.94. The lowest BCUT2D eigenvalue weighted by atomic mass is 9.77. The summed E-state index contributed by atoms with van der Waals surface area (Å²) in [6.07, 6.45) is 1.77. The first-order valence-electron chi connectivity index (χ1n) is 7.48. The minimum atomic E-state index is -4.06. The number of imidazole rings is 1. The smallest absolute Gasteiger partial charge is 0.335 e. The Labute approximate surface area is 122 Å². The molecule has 3 N–H and O–H groups in total. The van der Waals surface area contributed by atoms with E-state index in [9.17, 15) is 13.2 Å². The Hall–Kier alpha value is -1.08. The maximum absolute atomic E-state index is 12.7. The number of halogens is 3. The van der Waals surface area contributed by atoms with E-state index in [0.717, 1.165) is 12.4 Å². The zero-order valence-corrected chi connectivity index (χ0v) is 12.2. The molecule has 1 aromatic rings. The molecule has 1 aromatic heterocycles. The van der Waals surface area contributed by atoms with E-state index in [1.54, 1.807) is 6.20 Å². The number of nitrogens with two attached hydrogens (primary N) is 1. The molecule has 0 amide bonds. The summed E-state index contributed by atoms with van der Waals surface area (Å²) in [4.78, 5) is 4.31. The van der Waals surface area contributed by atoms with Crippen LogP contribution in [0.3, 0.4) is 0 Å². The maximum atomic E-state index is 12.7. The lowest BCUT2D eigenvalue weighted by Crippen LogP contribution is -2.45. The molecule has 0 spiro atoms. The normalized spacial score (nSPS) is 25.0. The molecule has 1 heterocycles. The Morgan fingerprint density at radius 3 is 2.57 bits per heavy atom. The van der Waals surface area contributed by atoms with E-state index in [1.165, 1.54) is 0 Å². The third kappa shape index (κ3) is 3.97. The van der Waals surface area contributed by atoms with E-state index in [4.69, 9.17) is 5.84 Å². The first-order valence-corrected chi connectivity index (χ1v) is 7.48. The zero-order chi connectivity index (χ0) is 15.5. The molecule has 1 saturated carbocycles. The molecule has 1 fully saturated rings. The maximum Gasteiger partial charge on any atom is 0.391 e. The van der Waals surface area contributed by atoms with Crippen molar-refractivity contribution in [3.63, 3.8) is 0 Å². The fraction of sp³-hybridized carbons (Fsp3) is 0.786. The van der Waals surface area contributed by atoms with Gasteiger partial charge in [-0.1, -0.05) is 0 Å². The van der Waals surface area contributed by atoms with E-state index in [0.29, 0.717) is 19.3 Å². The fourth-order valence-electron chi connectivity index (χ4n) is 3.23. The SMILES string of the molecule is CCn1ccnc1CC(NN)C1CCC(C(F)(F)F)CC1. The molecule has 0 aromatic carbocycles. The number of nitrogens with zero attached hydrogens (tertiary/aromatic N) is 2. The van der Waals surface area contributed by atoms with Gasteiger partial charge in [0.05, 0.1) is 5.92 Å². The van der Waals surface area contributed by atoms with Gasteiger partial charge < -0.3 is 4.57 Å². The zero-order valence-electron chi connectivity index (χ0n) is 12.2. The molecule has 0 aliphatic heterocycles. The lowest BCUT2D eigenvalue weighted by Gasteiger charge is -2.34. The van der Waals surface area contributed by atoms with Crippen LogP contribution in [0.1, 0.15) is 38.4 Å². The highest BCUT2D eigenvalue weighted by molar-refractivity contribution is 4.97. The molecule has 0 bridgehead atoms. The van der Waals surface area contributed by atoms with Crippen LogP contribution >= 0.6 is 0 Å². The average molecular weight is 304 g/mol. The van der Waals surface area contributed by atoms with Gasteiger partial charge in [-0.25, -0.2) is 4.98 Å². The molecule has 120 valence electrons. The second kappa shape index (κ2) is 6.79. The lowest BCUT2D eigenvalue weighted by molar-refractivity contribution is -0.184. The van der Waals surface area contributed by atoms with Crippen LogP contribution in [0, 0.1) is 11.8 Å². The van der Waals surface area contributed by atoms with Crippen LogP contribution in [0.4, 0.5) is 13.2 Å². The molecule has 21 heavy (non-hydrogen) atoms. The van der Waals surface area contributed by atoms with Crippen molar-refractivity contribution in [1.29, 1.82) is 0 Å². The Bertz CT molecular complexity index is 436. The Morgan fingerprint density at radius 2 is 2.05 bits per heavy atom. The van der Waals surface area contributed by atoms with Gasteiger partial charge >= 0.3 is 6.18 Å². The number of alkyl halides is 3. The second-order valence-corrected chi connectivity index (χ2v) is 5.76. The summed E-state index contributed by atoms with van der Waals surface area (Å²) >= 11 is 0. The van der Waals surface area contributed by atoms with Crippen molar-refractivity contribution >= 4 is 0 Å². The van der Waals surface area contributed by atoms with Gasteiger partial charge in [0.15, 0.2) is 0 Å². The largest absolute Gasteiger partial charge is 0.391 e. The highest BCUT2D eigenvalue weighted by atomic mass is 19.4. The van der Waals surface area contributed by atoms with Gasteiger partial charge in [-0.15, -0.1) is 0 Å². The molecule has 1 unspecified atom stereocenters. The number of hydrogen-bond donors (Lipinski definition) is 2. The summed E-state index contributed by atoms with van der Waals surface area (Å²) in [6, 6.07) is -0.0214. The van der Waals surface area contributed by atoms with Crippen LogP contribution in [-0.2, 0) is 13.0 Å². The first kappa shape index (κ1) is 16.3. The van der Waals surface area contributed by atoms with Gasteiger partial charge in [-0.2, -0.15) is 13.2 Å². The molecule has 1 aliphatic rings. The van der Waals surface area contributed by atoms with E-state index >= 15 is 0 Å². The van der Waals surface area contributed by atoms with E-state index in [2.05, 4.69) is 10.4 Å². The van der Waals surface area contributed by atoms with Crippen LogP contribution in [0.15, 0.2) is 12.4 Å². The van der Waals surface area contributed by atoms with E-state index < -0.39 is 12.1 Å². The van der Waals surface area contributed by atoms with Gasteiger partial charge in [-0.3, -0.25) is 11.3 Å². The molecule has 4 nitrogen and oxygen atoms in total. The first-order chi connectivity index (χ1) is 9.95. The number of aryl methyl sites for hydroxylation is 1. The number of aromatic nitrogens is 2. The molecule has 1 aliphatic carbocycles. The highest BCUT2D eigenvalue weighted by Gasteiger charge is 2.42. The van der Waals surface area contributed by atoms with E-state index in [1.807, 2.05) is 17.7 Å². The number of rotatable bonds is 5. The molecule has 0 radical (unpaired) electrons. The van der Waals surface area contributed by atoms with Crippen molar-refractivity contribution in [3.8, 4) is 0 Å². The van der Waals surface area contributed by atoms with Gasteiger partial charge in [0, 0.05) is 31.4 Å². The van der Waals surface area contributed by atoms with Crippen molar-refractivity contribution in [3.05, 3.63) is 18.2 Å². The van der Waals surface area contributed by atoms with Crippen molar-refractivity contribution < 1.29 is 13.2 Å². The molecule has 2 rings (SSSR count). The van der Waals surface area contributed by atoms with E-state index in [-0.39, 0.29) is 24.8 Å². The predicted molar refractivity (Wildman–Crippen MR) is 74.2 cm³/mol. The molecular weight excluding hydrogens is 281 g/mol. The summed E-state index contributed by atoms with van der Waals surface area (Å²) in [5.74, 6) is 5.58. The topological polar surface area (TPSA) is 55.9 Å². The Kier molecular flexibility index (Phi) is 5.27. The van der Waals surface area contributed by atoms with Gasteiger partial charge in [0.2, 0.25) is 0 Å². The third-order valence-corrected chi connectivity index (χ3v) is 4.56. The van der Waals surface area contributed by atoms with Crippen LogP contribution in [0.5, 0.6) is 0 Å². The molecule has 7 heteroatoms. The highest BCUT2D eigenvalue weighted by Crippen LogP contribution is 2.40. The van der Waals surface area contributed by atoms with Crippen molar-refractivity contribution in [2.45, 2.75) is 57.8 Å². The van der Waals surface area contributed by atoms with Gasteiger partial charge in [0.25, 0.3) is 0 Å². The fourth-order valence-corrected chi connectivity index (χ4v) is 3.23. The van der Waals surface area contributed by atoms with Crippen molar-refractivity contribution in [1.82, 2.24) is 15.0 Å². The van der Waals surface area contributed by atoms with Crippen molar-refractivity contribution in [2.24, 2.45) is 17.7 Å².